The number of rotatable bonds is 9. The van der Waals surface area contributed by atoms with Crippen LogP contribution in [-0.2, 0) is 4.79 Å². The van der Waals surface area contributed by atoms with Crippen molar-refractivity contribution in [3.8, 4) is 34.8 Å². The van der Waals surface area contributed by atoms with Gasteiger partial charge in [-0.15, -0.1) is 0 Å². The van der Waals surface area contributed by atoms with E-state index in [1.54, 1.807) is 74.9 Å². The van der Waals surface area contributed by atoms with Crippen LogP contribution >= 0.6 is 0 Å². The van der Waals surface area contributed by atoms with Crippen molar-refractivity contribution in [1.82, 2.24) is 0 Å². The number of methoxy groups -OCH3 is 3. The Hall–Kier alpha value is -4.44. The van der Waals surface area contributed by atoms with Crippen LogP contribution in [0.25, 0.3) is 11.6 Å². The van der Waals surface area contributed by atoms with Crippen molar-refractivity contribution in [2.45, 2.75) is 0 Å². The first-order valence-corrected chi connectivity index (χ1v) is 9.98. The summed E-state index contributed by atoms with van der Waals surface area (Å²) in [6.45, 7) is -0.284. The Labute approximate surface area is 192 Å². The van der Waals surface area contributed by atoms with Crippen LogP contribution in [0.3, 0.4) is 0 Å². The van der Waals surface area contributed by atoms with Gasteiger partial charge in [0.1, 0.15) is 17.2 Å². The molecule has 0 fully saturated rings. The predicted molar refractivity (Wildman–Crippen MR) is 124 cm³/mol. The molecule has 7 nitrogen and oxygen atoms in total. The average Bonchev–Trinajstić information content (AvgIpc) is 2.87. The molecule has 0 unspecified atom stereocenters. The fourth-order valence-corrected chi connectivity index (χ4v) is 2.96. The third kappa shape index (κ3) is 6.28. The van der Waals surface area contributed by atoms with Crippen LogP contribution in [0.15, 0.2) is 66.7 Å². The third-order valence-electron chi connectivity index (χ3n) is 4.64. The van der Waals surface area contributed by atoms with E-state index in [0.717, 1.165) is 5.56 Å². The van der Waals surface area contributed by atoms with Gasteiger partial charge in [0.05, 0.1) is 33.0 Å². The van der Waals surface area contributed by atoms with E-state index in [4.69, 9.17) is 23.7 Å². The number of benzene rings is 3. The van der Waals surface area contributed by atoms with E-state index in [-0.39, 0.29) is 12.4 Å². The van der Waals surface area contributed by atoms with Gasteiger partial charge in [0, 0.05) is 6.07 Å². The second-order valence-electron chi connectivity index (χ2n) is 6.75. The van der Waals surface area contributed by atoms with Crippen molar-refractivity contribution in [1.29, 1.82) is 5.26 Å². The maximum absolute atomic E-state index is 12.3. The van der Waals surface area contributed by atoms with Gasteiger partial charge in [-0.1, -0.05) is 12.1 Å². The van der Waals surface area contributed by atoms with Crippen LogP contribution in [0, 0.1) is 11.3 Å². The minimum Gasteiger partial charge on any atom is -0.497 e. The number of hydrogen-bond acceptors (Lipinski definition) is 7. The molecule has 0 heterocycles. The minimum atomic E-state index is -0.588. The zero-order valence-corrected chi connectivity index (χ0v) is 18.5. The van der Waals surface area contributed by atoms with Crippen molar-refractivity contribution in [3.05, 3.63) is 77.9 Å². The maximum Gasteiger partial charge on any atom is 0.349 e. The van der Waals surface area contributed by atoms with Gasteiger partial charge in [0.15, 0.2) is 18.1 Å². The summed E-state index contributed by atoms with van der Waals surface area (Å²) in [6, 6.07) is 21.3. The lowest BCUT2D eigenvalue weighted by Crippen LogP contribution is -2.18. The molecule has 0 bridgehead atoms. The molecular weight excluding hydrogens is 422 g/mol. The molecule has 0 saturated heterocycles. The first-order chi connectivity index (χ1) is 16.1. The molecule has 0 radical (unpaired) electrons. The molecule has 0 atom stereocenters. The largest absolute Gasteiger partial charge is 0.497 e. The SMILES string of the molecule is COc1ccc(/C(C#N)=C\c2ccc(OC(=O)COc3cccc(OC)c3)c(OC)c2)cc1. The van der Waals surface area contributed by atoms with Crippen molar-refractivity contribution in [3.63, 3.8) is 0 Å². The highest BCUT2D eigenvalue weighted by Gasteiger charge is 2.12. The number of esters is 1. The van der Waals surface area contributed by atoms with Gasteiger partial charge in [0.2, 0.25) is 0 Å². The average molecular weight is 445 g/mol. The topological polar surface area (TPSA) is 87.0 Å². The molecule has 3 rings (SSSR count). The van der Waals surface area contributed by atoms with Crippen LogP contribution in [0.4, 0.5) is 0 Å². The lowest BCUT2D eigenvalue weighted by atomic mass is 10.0. The number of nitrogens with zero attached hydrogens (tertiary/aromatic N) is 1. The van der Waals surface area contributed by atoms with Crippen molar-refractivity contribution in [2.24, 2.45) is 0 Å². The summed E-state index contributed by atoms with van der Waals surface area (Å²) >= 11 is 0. The molecular formula is C26H23NO6. The van der Waals surface area contributed by atoms with Crippen molar-refractivity contribution < 1.29 is 28.5 Å². The minimum absolute atomic E-state index is 0.247. The standard InChI is InChI=1S/C26H23NO6/c1-29-21-10-8-19(9-11-21)20(16-27)13-18-7-12-24(25(14-18)31-3)33-26(28)17-32-23-6-4-5-22(15-23)30-2/h4-15H,17H2,1-3H3/b20-13-. The zero-order chi connectivity index (χ0) is 23.6. The lowest BCUT2D eigenvalue weighted by Gasteiger charge is -2.11. The van der Waals surface area contributed by atoms with Crippen LogP contribution in [0.5, 0.6) is 28.7 Å². The summed E-state index contributed by atoms with van der Waals surface area (Å²) in [4.78, 5) is 12.3. The molecule has 7 heteroatoms. The number of allylic oxidation sites excluding steroid dienone is 1. The van der Waals surface area contributed by atoms with E-state index in [1.807, 2.05) is 12.1 Å². The number of nitriles is 1. The third-order valence-corrected chi connectivity index (χ3v) is 4.64. The van der Waals surface area contributed by atoms with Gasteiger partial charge in [-0.25, -0.2) is 4.79 Å². The quantitative estimate of drug-likeness (QED) is 0.203. The Bertz CT molecular complexity index is 1180. The molecule has 0 aliphatic heterocycles. The molecule has 0 N–H and O–H groups in total. The fraction of sp³-hybridized carbons (Fsp3) is 0.154. The number of ether oxygens (including phenoxy) is 5. The molecule has 168 valence electrons. The highest BCUT2D eigenvalue weighted by Crippen LogP contribution is 2.30. The molecule has 0 amide bonds. The molecule has 0 aromatic heterocycles. The molecule has 3 aromatic carbocycles. The van der Waals surface area contributed by atoms with E-state index >= 15 is 0 Å². The Balaban J connectivity index is 1.71. The summed E-state index contributed by atoms with van der Waals surface area (Å²) in [7, 11) is 4.61. The summed E-state index contributed by atoms with van der Waals surface area (Å²) in [5.74, 6) is 1.83. The zero-order valence-electron chi connectivity index (χ0n) is 18.5. The number of carbonyl (C=O) groups is 1. The highest BCUT2D eigenvalue weighted by molar-refractivity contribution is 5.90. The van der Waals surface area contributed by atoms with Crippen LogP contribution in [0.2, 0.25) is 0 Å². The maximum atomic E-state index is 12.3. The van der Waals surface area contributed by atoms with E-state index in [0.29, 0.717) is 34.1 Å². The van der Waals surface area contributed by atoms with Crippen LogP contribution < -0.4 is 23.7 Å². The second-order valence-corrected chi connectivity index (χ2v) is 6.75. The normalized spacial score (nSPS) is 10.7. The van der Waals surface area contributed by atoms with Crippen LogP contribution in [0.1, 0.15) is 11.1 Å². The first kappa shape index (κ1) is 23.2. The summed E-state index contributed by atoms with van der Waals surface area (Å²) in [5.41, 5.74) is 1.94. The molecule has 33 heavy (non-hydrogen) atoms. The van der Waals surface area contributed by atoms with Gasteiger partial charge in [0.25, 0.3) is 0 Å². The molecule has 0 aliphatic carbocycles. The highest BCUT2D eigenvalue weighted by atomic mass is 16.6. The second kappa shape index (κ2) is 11.3. The van der Waals surface area contributed by atoms with Crippen LogP contribution in [-0.4, -0.2) is 33.9 Å². The van der Waals surface area contributed by atoms with Gasteiger partial charge in [-0.05, 0) is 65.7 Å². The Kier molecular flexibility index (Phi) is 7.92. The molecule has 0 aliphatic rings. The van der Waals surface area contributed by atoms with Crippen molar-refractivity contribution >= 4 is 17.6 Å². The first-order valence-electron chi connectivity index (χ1n) is 9.98. The number of carbonyl (C=O) groups excluding carboxylic acids is 1. The van der Waals surface area contributed by atoms with Gasteiger partial charge in [-0.3, -0.25) is 0 Å². The number of hydrogen-bond donors (Lipinski definition) is 0. The lowest BCUT2D eigenvalue weighted by molar-refractivity contribution is -0.136. The molecule has 0 spiro atoms. The van der Waals surface area contributed by atoms with E-state index in [2.05, 4.69) is 6.07 Å². The molecule has 0 saturated carbocycles. The summed E-state index contributed by atoms with van der Waals surface area (Å²) in [5, 5.41) is 9.58. The van der Waals surface area contributed by atoms with E-state index in [1.165, 1.54) is 7.11 Å². The Morgan fingerprint density at radius 1 is 0.848 bits per heavy atom. The van der Waals surface area contributed by atoms with E-state index in [9.17, 15) is 10.1 Å². The van der Waals surface area contributed by atoms with Gasteiger partial charge >= 0.3 is 5.97 Å². The smallest absolute Gasteiger partial charge is 0.349 e. The van der Waals surface area contributed by atoms with E-state index < -0.39 is 5.97 Å². The Morgan fingerprint density at radius 3 is 2.24 bits per heavy atom. The molecule has 3 aromatic rings. The van der Waals surface area contributed by atoms with Crippen molar-refractivity contribution in [2.75, 3.05) is 27.9 Å². The predicted octanol–water partition coefficient (Wildman–Crippen LogP) is 4.76. The summed E-state index contributed by atoms with van der Waals surface area (Å²) < 4.78 is 26.5. The summed E-state index contributed by atoms with van der Waals surface area (Å²) in [6.07, 6.45) is 1.72. The Morgan fingerprint density at radius 2 is 1.58 bits per heavy atom. The monoisotopic (exact) mass is 445 g/mol. The fourth-order valence-electron chi connectivity index (χ4n) is 2.96. The van der Waals surface area contributed by atoms with Gasteiger partial charge in [-0.2, -0.15) is 5.26 Å². The van der Waals surface area contributed by atoms with Gasteiger partial charge < -0.3 is 23.7 Å².